The summed E-state index contributed by atoms with van der Waals surface area (Å²) in [6.45, 7) is 4.45. The number of hydrogen-bond donors (Lipinski definition) is 2. The van der Waals surface area contributed by atoms with E-state index in [4.69, 9.17) is 10.5 Å². The van der Waals surface area contributed by atoms with Crippen molar-refractivity contribution in [3.05, 3.63) is 55.1 Å². The van der Waals surface area contributed by atoms with E-state index in [1.54, 1.807) is 24.3 Å². The highest BCUT2D eigenvalue weighted by Crippen LogP contribution is 2.23. The second-order valence-corrected chi connectivity index (χ2v) is 7.28. The Labute approximate surface area is 165 Å². The van der Waals surface area contributed by atoms with E-state index in [-0.39, 0.29) is 30.6 Å². The maximum absolute atomic E-state index is 13.1. The molecule has 0 saturated carbocycles. The molecule has 0 fully saturated rings. The summed E-state index contributed by atoms with van der Waals surface area (Å²) >= 11 is 3.35. The summed E-state index contributed by atoms with van der Waals surface area (Å²) in [5.74, 6) is -0.351. The highest BCUT2D eigenvalue weighted by molar-refractivity contribution is 9.10. The van der Waals surface area contributed by atoms with Crippen LogP contribution >= 0.6 is 15.9 Å². The zero-order valence-corrected chi connectivity index (χ0v) is 17.1. The van der Waals surface area contributed by atoms with Crippen molar-refractivity contribution in [2.24, 2.45) is 5.92 Å². The minimum Gasteiger partial charge on any atom is -0.383 e. The molecule has 0 aliphatic heterocycles. The molecule has 27 heavy (non-hydrogen) atoms. The van der Waals surface area contributed by atoms with Crippen molar-refractivity contribution in [2.45, 2.75) is 20.4 Å². The van der Waals surface area contributed by atoms with Crippen molar-refractivity contribution >= 4 is 33.3 Å². The third kappa shape index (κ3) is 4.67. The number of amides is 1. The third-order valence-electron chi connectivity index (χ3n) is 3.90. The SMILES string of the molecule is COCCN(C(=O)c1ccccc1Br)c1c(N)n(CC(C)C)c(=O)[nH]c1=O. The number of aromatic amines is 1. The van der Waals surface area contributed by atoms with Gasteiger partial charge in [-0.1, -0.05) is 26.0 Å². The average molecular weight is 439 g/mol. The monoisotopic (exact) mass is 438 g/mol. The number of nitrogens with two attached hydrogens (primary N) is 1. The van der Waals surface area contributed by atoms with Crippen LogP contribution in [-0.4, -0.2) is 35.7 Å². The quantitative estimate of drug-likeness (QED) is 0.684. The Kier molecular flexibility index (Phi) is 6.98. The minimum absolute atomic E-state index is 0.0473. The number of ether oxygens (including phenoxy) is 1. The number of halogens is 1. The van der Waals surface area contributed by atoms with Crippen molar-refractivity contribution < 1.29 is 9.53 Å². The number of H-pyrrole nitrogens is 1. The molecule has 0 spiro atoms. The van der Waals surface area contributed by atoms with Gasteiger partial charge in [0, 0.05) is 24.7 Å². The molecule has 9 heteroatoms. The zero-order chi connectivity index (χ0) is 20.1. The van der Waals surface area contributed by atoms with Gasteiger partial charge in [0.1, 0.15) is 5.82 Å². The van der Waals surface area contributed by atoms with E-state index in [1.807, 2.05) is 13.8 Å². The van der Waals surface area contributed by atoms with Crippen molar-refractivity contribution in [3.63, 3.8) is 0 Å². The highest BCUT2D eigenvalue weighted by Gasteiger charge is 2.26. The summed E-state index contributed by atoms with van der Waals surface area (Å²) < 4.78 is 6.94. The topological polar surface area (TPSA) is 110 Å². The Morgan fingerprint density at radius 1 is 1.33 bits per heavy atom. The molecule has 0 atom stereocenters. The first kappa shape index (κ1) is 20.9. The molecule has 2 aromatic rings. The molecule has 1 heterocycles. The molecule has 0 aliphatic carbocycles. The molecule has 2 rings (SSSR count). The van der Waals surface area contributed by atoms with Crippen LogP contribution in [0.2, 0.25) is 0 Å². The van der Waals surface area contributed by atoms with Crippen LogP contribution in [0.5, 0.6) is 0 Å². The van der Waals surface area contributed by atoms with Gasteiger partial charge in [0.25, 0.3) is 11.5 Å². The molecule has 1 aromatic heterocycles. The lowest BCUT2D eigenvalue weighted by Gasteiger charge is -2.25. The molecule has 0 bridgehead atoms. The molecule has 1 aromatic carbocycles. The Hall–Kier alpha value is -2.39. The number of nitrogens with zero attached hydrogens (tertiary/aromatic N) is 2. The van der Waals surface area contributed by atoms with Gasteiger partial charge >= 0.3 is 5.69 Å². The van der Waals surface area contributed by atoms with Crippen molar-refractivity contribution in [1.29, 1.82) is 0 Å². The van der Waals surface area contributed by atoms with Crippen molar-refractivity contribution in [1.82, 2.24) is 9.55 Å². The zero-order valence-electron chi connectivity index (χ0n) is 15.5. The predicted octanol–water partition coefficient (Wildman–Crippen LogP) is 1.83. The summed E-state index contributed by atoms with van der Waals surface area (Å²) in [6.07, 6.45) is 0. The van der Waals surface area contributed by atoms with E-state index in [0.717, 1.165) is 0 Å². The van der Waals surface area contributed by atoms with Crippen LogP contribution in [0.1, 0.15) is 24.2 Å². The third-order valence-corrected chi connectivity index (χ3v) is 4.59. The first-order valence-electron chi connectivity index (χ1n) is 8.45. The Balaban J connectivity index is 2.63. The largest absolute Gasteiger partial charge is 0.383 e. The first-order valence-corrected chi connectivity index (χ1v) is 9.25. The first-order chi connectivity index (χ1) is 12.8. The van der Waals surface area contributed by atoms with Gasteiger partial charge < -0.3 is 10.5 Å². The fourth-order valence-electron chi connectivity index (χ4n) is 2.66. The molecule has 0 aliphatic rings. The average Bonchev–Trinajstić information content (AvgIpc) is 2.61. The molecule has 0 saturated heterocycles. The van der Waals surface area contributed by atoms with E-state index >= 15 is 0 Å². The predicted molar refractivity (Wildman–Crippen MR) is 108 cm³/mol. The summed E-state index contributed by atoms with van der Waals surface area (Å²) in [5, 5.41) is 0. The number of anilines is 2. The number of nitrogens with one attached hydrogen (secondary N) is 1. The van der Waals surface area contributed by atoms with Crippen LogP contribution in [0.3, 0.4) is 0 Å². The number of aromatic nitrogens is 2. The van der Waals surface area contributed by atoms with Crippen molar-refractivity contribution in [2.75, 3.05) is 30.9 Å². The fraction of sp³-hybridized carbons (Fsp3) is 0.389. The van der Waals surface area contributed by atoms with Gasteiger partial charge in [-0.2, -0.15) is 0 Å². The van der Waals surface area contributed by atoms with E-state index in [1.165, 1.54) is 16.6 Å². The number of rotatable bonds is 7. The summed E-state index contributed by atoms with van der Waals surface area (Å²) in [5.41, 5.74) is 5.15. The molecule has 1 amide bonds. The van der Waals surface area contributed by atoms with Crippen molar-refractivity contribution in [3.8, 4) is 0 Å². The van der Waals surface area contributed by atoms with Gasteiger partial charge in [-0.3, -0.25) is 24.0 Å². The second kappa shape index (κ2) is 9.01. The summed E-state index contributed by atoms with van der Waals surface area (Å²) in [7, 11) is 1.49. The Bertz CT molecular complexity index is 936. The van der Waals surface area contributed by atoms with Gasteiger partial charge in [0.05, 0.1) is 12.2 Å². The number of nitrogen functional groups attached to an aromatic ring is 1. The van der Waals surface area contributed by atoms with Crippen LogP contribution in [0, 0.1) is 5.92 Å². The maximum Gasteiger partial charge on any atom is 0.330 e. The van der Waals surface area contributed by atoms with Gasteiger partial charge in [-0.15, -0.1) is 0 Å². The van der Waals surface area contributed by atoms with E-state index < -0.39 is 17.2 Å². The van der Waals surface area contributed by atoms with Crippen LogP contribution in [0.15, 0.2) is 38.3 Å². The van der Waals surface area contributed by atoms with Gasteiger partial charge in [-0.05, 0) is 34.0 Å². The number of methoxy groups -OCH3 is 1. The lowest BCUT2D eigenvalue weighted by molar-refractivity contribution is 0.0974. The lowest BCUT2D eigenvalue weighted by Crippen LogP contribution is -2.43. The highest BCUT2D eigenvalue weighted by atomic mass is 79.9. The Morgan fingerprint density at radius 3 is 2.59 bits per heavy atom. The second-order valence-electron chi connectivity index (χ2n) is 6.43. The van der Waals surface area contributed by atoms with Crippen LogP contribution < -0.4 is 21.9 Å². The molecule has 0 radical (unpaired) electrons. The smallest absolute Gasteiger partial charge is 0.330 e. The van der Waals surface area contributed by atoms with Crippen LogP contribution in [-0.2, 0) is 11.3 Å². The van der Waals surface area contributed by atoms with Gasteiger partial charge in [0.15, 0.2) is 5.69 Å². The number of carbonyl (C=O) groups is 1. The van der Waals surface area contributed by atoms with E-state index in [0.29, 0.717) is 16.6 Å². The molecular formula is C18H23BrN4O4. The fourth-order valence-corrected chi connectivity index (χ4v) is 3.12. The van der Waals surface area contributed by atoms with E-state index in [2.05, 4.69) is 20.9 Å². The molecular weight excluding hydrogens is 416 g/mol. The molecule has 146 valence electrons. The maximum atomic E-state index is 13.1. The summed E-state index contributed by atoms with van der Waals surface area (Å²) in [4.78, 5) is 41.3. The normalized spacial score (nSPS) is 11.0. The number of carbonyl (C=O) groups excluding carboxylic acids is 1. The number of hydrogen-bond acceptors (Lipinski definition) is 5. The minimum atomic E-state index is -0.714. The standard InChI is InChI=1S/C18H23BrN4O4/c1-11(2)10-23-15(20)14(16(24)21-18(23)26)22(8-9-27-3)17(25)12-6-4-5-7-13(12)19/h4-7,11H,8-10,20H2,1-3H3,(H,21,24,26). The Morgan fingerprint density at radius 2 is 2.00 bits per heavy atom. The molecule has 8 nitrogen and oxygen atoms in total. The van der Waals surface area contributed by atoms with Crippen LogP contribution in [0.4, 0.5) is 11.5 Å². The van der Waals surface area contributed by atoms with E-state index in [9.17, 15) is 14.4 Å². The molecule has 0 unspecified atom stereocenters. The van der Waals surface area contributed by atoms with Gasteiger partial charge in [-0.25, -0.2) is 4.79 Å². The number of benzene rings is 1. The summed E-state index contributed by atoms with van der Waals surface area (Å²) in [6, 6.07) is 6.87. The lowest BCUT2D eigenvalue weighted by atomic mass is 10.2. The molecule has 3 N–H and O–H groups in total. The van der Waals surface area contributed by atoms with Crippen LogP contribution in [0.25, 0.3) is 0 Å². The van der Waals surface area contributed by atoms with Gasteiger partial charge in [0.2, 0.25) is 0 Å².